The molecule has 1 aromatic carbocycles. The van der Waals surface area contributed by atoms with Gasteiger partial charge < -0.3 is 15.6 Å². The molecule has 0 radical (unpaired) electrons. The summed E-state index contributed by atoms with van der Waals surface area (Å²) < 4.78 is 28.6. The number of rotatable bonds is 4. The number of amides is 1. The molecule has 0 saturated carbocycles. The van der Waals surface area contributed by atoms with Crippen LogP contribution in [-0.4, -0.2) is 22.0 Å². The van der Waals surface area contributed by atoms with E-state index in [1.165, 1.54) is 19.4 Å². The van der Waals surface area contributed by atoms with Crippen LogP contribution in [0.3, 0.4) is 0 Å². The molecule has 2 aromatic rings. The molecule has 0 aliphatic carbocycles. The highest BCUT2D eigenvalue weighted by Crippen LogP contribution is 2.19. The Morgan fingerprint density at radius 2 is 2.15 bits per heavy atom. The van der Waals surface area contributed by atoms with Crippen molar-refractivity contribution in [3.8, 4) is 0 Å². The predicted octanol–water partition coefficient (Wildman–Crippen LogP) is 1.68. The molecular formula is C13H14F2N4O. The van der Waals surface area contributed by atoms with Gasteiger partial charge in [0.25, 0.3) is 5.91 Å². The average molecular weight is 280 g/mol. The molecule has 5 nitrogen and oxygen atoms in total. The fraction of sp³-hybridized carbons (Fsp3) is 0.231. The summed E-state index contributed by atoms with van der Waals surface area (Å²) in [6.45, 7) is 2.38. The zero-order valence-corrected chi connectivity index (χ0v) is 10.9. The first-order valence-corrected chi connectivity index (χ1v) is 6.00. The van der Waals surface area contributed by atoms with E-state index in [1.54, 1.807) is 4.57 Å². The van der Waals surface area contributed by atoms with Gasteiger partial charge in [0.05, 0.1) is 12.0 Å². The summed E-state index contributed by atoms with van der Waals surface area (Å²) in [5, 5.41) is 2.29. The molecular weight excluding hydrogens is 266 g/mol. The van der Waals surface area contributed by atoms with Crippen LogP contribution in [0, 0.1) is 18.6 Å². The van der Waals surface area contributed by atoms with Crippen LogP contribution in [0.15, 0.2) is 24.7 Å². The average Bonchev–Trinajstić information content (AvgIpc) is 2.85. The minimum Gasteiger partial charge on any atom is -0.335 e. The lowest BCUT2D eigenvalue weighted by atomic mass is 10.2. The summed E-state index contributed by atoms with van der Waals surface area (Å²) in [6.07, 6.45) is 2.94. The molecule has 1 amide bonds. The van der Waals surface area contributed by atoms with E-state index in [0.29, 0.717) is 13.1 Å². The Labute approximate surface area is 114 Å². The highest BCUT2D eigenvalue weighted by atomic mass is 19.1. The number of carbonyl (C=O) groups is 1. The van der Waals surface area contributed by atoms with Crippen molar-refractivity contribution in [2.75, 3.05) is 11.9 Å². The Morgan fingerprint density at radius 3 is 2.85 bits per heavy atom. The minimum atomic E-state index is -0.696. The fourth-order valence-electron chi connectivity index (χ4n) is 1.68. The number of nitrogens with two attached hydrogens (primary N) is 1. The van der Waals surface area contributed by atoms with Gasteiger partial charge in [0.15, 0.2) is 0 Å². The summed E-state index contributed by atoms with van der Waals surface area (Å²) in [6, 6.07) is 1.97. The second-order valence-electron chi connectivity index (χ2n) is 4.32. The third-order valence-corrected chi connectivity index (χ3v) is 2.75. The maximum atomic E-state index is 13.6. The Bertz CT molecular complexity index is 639. The molecule has 0 unspecified atom stereocenters. The molecule has 1 heterocycles. The van der Waals surface area contributed by atoms with Gasteiger partial charge in [0.2, 0.25) is 0 Å². The first-order chi connectivity index (χ1) is 9.51. The topological polar surface area (TPSA) is 72.9 Å². The van der Waals surface area contributed by atoms with E-state index in [2.05, 4.69) is 10.3 Å². The lowest BCUT2D eigenvalue weighted by Gasteiger charge is -2.06. The monoisotopic (exact) mass is 280 g/mol. The van der Waals surface area contributed by atoms with E-state index in [0.717, 1.165) is 12.1 Å². The van der Waals surface area contributed by atoms with Crippen LogP contribution < -0.4 is 11.1 Å². The van der Waals surface area contributed by atoms with Crippen molar-refractivity contribution in [3.05, 3.63) is 47.5 Å². The minimum absolute atomic E-state index is 0.110. The standard InChI is InChI=1S/C13H14F2N4O/c1-8-4-10(15)11(5-9(8)14)18-13(20)12-6-19(3-2-16)7-17-12/h4-7H,2-3,16H2,1H3,(H,18,20). The van der Waals surface area contributed by atoms with E-state index in [1.807, 2.05) is 0 Å². The SMILES string of the molecule is Cc1cc(F)c(NC(=O)c2cn(CCN)cn2)cc1F. The number of hydrogen-bond acceptors (Lipinski definition) is 3. The predicted molar refractivity (Wildman–Crippen MR) is 70.3 cm³/mol. The second kappa shape index (κ2) is 5.79. The zero-order valence-electron chi connectivity index (χ0n) is 10.9. The molecule has 0 aliphatic heterocycles. The number of anilines is 1. The highest BCUT2D eigenvalue weighted by molar-refractivity contribution is 6.02. The molecule has 0 bridgehead atoms. The number of nitrogens with one attached hydrogen (secondary N) is 1. The van der Waals surface area contributed by atoms with Gasteiger partial charge in [-0.2, -0.15) is 0 Å². The number of imidazole rings is 1. The lowest BCUT2D eigenvalue weighted by Crippen LogP contribution is -2.14. The van der Waals surface area contributed by atoms with Gasteiger partial charge in [-0.05, 0) is 18.6 Å². The van der Waals surface area contributed by atoms with E-state index >= 15 is 0 Å². The molecule has 0 spiro atoms. The molecule has 20 heavy (non-hydrogen) atoms. The van der Waals surface area contributed by atoms with Crippen molar-refractivity contribution in [2.24, 2.45) is 5.73 Å². The lowest BCUT2D eigenvalue weighted by molar-refractivity contribution is 0.102. The zero-order chi connectivity index (χ0) is 14.7. The quantitative estimate of drug-likeness (QED) is 0.895. The van der Waals surface area contributed by atoms with Crippen molar-refractivity contribution in [3.63, 3.8) is 0 Å². The fourth-order valence-corrected chi connectivity index (χ4v) is 1.68. The molecule has 1 aromatic heterocycles. The van der Waals surface area contributed by atoms with Crippen LogP contribution >= 0.6 is 0 Å². The normalized spacial score (nSPS) is 10.6. The van der Waals surface area contributed by atoms with E-state index in [9.17, 15) is 13.6 Å². The van der Waals surface area contributed by atoms with Crippen molar-refractivity contribution in [2.45, 2.75) is 13.5 Å². The van der Waals surface area contributed by atoms with Crippen LogP contribution in [0.4, 0.5) is 14.5 Å². The van der Waals surface area contributed by atoms with Crippen molar-refractivity contribution in [1.82, 2.24) is 9.55 Å². The van der Waals surface area contributed by atoms with E-state index in [-0.39, 0.29) is 16.9 Å². The number of aromatic nitrogens is 2. The smallest absolute Gasteiger partial charge is 0.275 e. The summed E-state index contributed by atoms with van der Waals surface area (Å²) in [5.74, 6) is -1.89. The van der Waals surface area contributed by atoms with Gasteiger partial charge in [0.1, 0.15) is 17.3 Å². The summed E-state index contributed by atoms with van der Waals surface area (Å²) in [7, 11) is 0. The van der Waals surface area contributed by atoms with Crippen molar-refractivity contribution < 1.29 is 13.6 Å². The van der Waals surface area contributed by atoms with Gasteiger partial charge in [-0.15, -0.1) is 0 Å². The van der Waals surface area contributed by atoms with E-state index < -0.39 is 17.5 Å². The van der Waals surface area contributed by atoms with Gasteiger partial charge in [-0.25, -0.2) is 13.8 Å². The number of carbonyl (C=O) groups excluding carboxylic acids is 1. The van der Waals surface area contributed by atoms with Crippen molar-refractivity contribution in [1.29, 1.82) is 0 Å². The Morgan fingerprint density at radius 1 is 1.40 bits per heavy atom. The van der Waals surface area contributed by atoms with Crippen LogP contribution in [0.2, 0.25) is 0 Å². The summed E-state index contributed by atoms with van der Waals surface area (Å²) in [4.78, 5) is 15.8. The molecule has 0 fully saturated rings. The molecule has 2 rings (SSSR count). The van der Waals surface area contributed by atoms with Gasteiger partial charge in [-0.3, -0.25) is 4.79 Å². The summed E-state index contributed by atoms with van der Waals surface area (Å²) in [5.41, 5.74) is 5.45. The molecule has 7 heteroatoms. The van der Waals surface area contributed by atoms with Crippen LogP contribution in [0.5, 0.6) is 0 Å². The first-order valence-electron chi connectivity index (χ1n) is 6.00. The van der Waals surface area contributed by atoms with Crippen LogP contribution in [0.1, 0.15) is 16.1 Å². The van der Waals surface area contributed by atoms with E-state index in [4.69, 9.17) is 5.73 Å². The third kappa shape index (κ3) is 3.00. The van der Waals surface area contributed by atoms with Gasteiger partial charge in [-0.1, -0.05) is 0 Å². The Balaban J connectivity index is 2.16. The second-order valence-corrected chi connectivity index (χ2v) is 4.32. The largest absolute Gasteiger partial charge is 0.335 e. The first kappa shape index (κ1) is 14.1. The maximum absolute atomic E-state index is 13.6. The number of aryl methyl sites for hydroxylation is 1. The number of hydrogen-bond donors (Lipinski definition) is 2. The Hall–Kier alpha value is -2.28. The molecule has 0 atom stereocenters. The van der Waals surface area contributed by atoms with Crippen LogP contribution in [0.25, 0.3) is 0 Å². The Kier molecular flexibility index (Phi) is 4.09. The molecule has 0 saturated heterocycles. The number of nitrogens with zero attached hydrogens (tertiary/aromatic N) is 2. The summed E-state index contributed by atoms with van der Waals surface area (Å²) >= 11 is 0. The number of benzene rings is 1. The highest BCUT2D eigenvalue weighted by Gasteiger charge is 2.14. The third-order valence-electron chi connectivity index (χ3n) is 2.75. The molecule has 106 valence electrons. The van der Waals surface area contributed by atoms with Gasteiger partial charge in [0, 0.05) is 25.4 Å². The number of halogens is 2. The molecule has 0 aliphatic rings. The maximum Gasteiger partial charge on any atom is 0.275 e. The van der Waals surface area contributed by atoms with Gasteiger partial charge >= 0.3 is 0 Å². The van der Waals surface area contributed by atoms with Crippen molar-refractivity contribution >= 4 is 11.6 Å². The van der Waals surface area contributed by atoms with Crippen LogP contribution in [-0.2, 0) is 6.54 Å². The molecule has 3 N–H and O–H groups in total.